The Bertz CT molecular complexity index is 1040. The zero-order chi connectivity index (χ0) is 20.2. The molecule has 1 aromatic heterocycles. The van der Waals surface area contributed by atoms with Gasteiger partial charge in [0.2, 0.25) is 5.52 Å². The van der Waals surface area contributed by atoms with Gasteiger partial charge in [0.1, 0.15) is 11.6 Å². The molecule has 0 N–H and O–H groups in total. The van der Waals surface area contributed by atoms with Gasteiger partial charge in [-0.25, -0.2) is 4.39 Å². The van der Waals surface area contributed by atoms with Crippen LogP contribution < -0.4 is 9.22 Å². The van der Waals surface area contributed by atoms with Crippen LogP contribution in [0.2, 0.25) is 5.02 Å². The molecule has 1 aliphatic carbocycles. The first-order valence-corrected chi connectivity index (χ1v) is 8.88. The van der Waals surface area contributed by atoms with Crippen LogP contribution in [-0.4, -0.2) is 24.9 Å². The molecule has 1 fully saturated rings. The van der Waals surface area contributed by atoms with Crippen molar-refractivity contribution < 1.29 is 42.0 Å². The fraction of sp³-hybridized carbons (Fsp3) is 0.294. The lowest BCUT2D eigenvalue weighted by Crippen LogP contribution is -2.58. The SMILES string of the molecule is CC(=O)O[B-]1(OC(C)=O)OC(=O)c2c[n+](C3CC3)c3cc(Cl)c(F)cc3c2O1. The fourth-order valence-corrected chi connectivity index (χ4v) is 3.32. The summed E-state index contributed by atoms with van der Waals surface area (Å²) in [4.78, 5) is 35.6. The highest BCUT2D eigenvalue weighted by Gasteiger charge is 2.51. The molecule has 0 atom stereocenters. The molecule has 146 valence electrons. The third-order valence-corrected chi connectivity index (χ3v) is 4.66. The predicted molar refractivity (Wildman–Crippen MR) is 92.7 cm³/mol. The van der Waals surface area contributed by atoms with E-state index in [1.54, 1.807) is 4.57 Å². The number of pyridine rings is 1. The van der Waals surface area contributed by atoms with Gasteiger partial charge < -0.3 is 18.6 Å². The highest BCUT2D eigenvalue weighted by Crippen LogP contribution is 2.40. The topological polar surface area (TPSA) is 92.0 Å². The highest BCUT2D eigenvalue weighted by molar-refractivity contribution is 6.61. The third kappa shape index (κ3) is 3.13. The number of nitrogens with zero attached hydrogens (tertiary/aromatic N) is 1. The van der Waals surface area contributed by atoms with E-state index >= 15 is 0 Å². The van der Waals surface area contributed by atoms with Gasteiger partial charge in [-0.3, -0.25) is 14.4 Å². The van der Waals surface area contributed by atoms with Crippen LogP contribution in [0.25, 0.3) is 10.9 Å². The Balaban J connectivity index is 1.95. The lowest BCUT2D eigenvalue weighted by Gasteiger charge is -2.41. The Hall–Kier alpha value is -2.88. The van der Waals surface area contributed by atoms with Crippen LogP contribution in [-0.2, 0) is 23.6 Å². The second kappa shape index (κ2) is 6.34. The van der Waals surface area contributed by atoms with Crippen molar-refractivity contribution in [1.29, 1.82) is 0 Å². The minimum Gasteiger partial charge on any atom is -0.610 e. The molecule has 0 bridgehead atoms. The van der Waals surface area contributed by atoms with Gasteiger partial charge in [-0.15, -0.1) is 0 Å². The van der Waals surface area contributed by atoms with Crippen molar-refractivity contribution >= 4 is 47.4 Å². The summed E-state index contributed by atoms with van der Waals surface area (Å²) in [7, 11) is 0. The van der Waals surface area contributed by atoms with Crippen molar-refractivity contribution in [3.05, 3.63) is 34.7 Å². The summed E-state index contributed by atoms with van der Waals surface area (Å²) >= 11 is 5.93. The molecule has 0 amide bonds. The van der Waals surface area contributed by atoms with Gasteiger partial charge in [0.15, 0.2) is 17.8 Å². The Morgan fingerprint density at radius 1 is 1.21 bits per heavy atom. The Kier molecular flexibility index (Phi) is 4.18. The van der Waals surface area contributed by atoms with Crippen LogP contribution in [0.4, 0.5) is 4.39 Å². The third-order valence-electron chi connectivity index (χ3n) is 4.37. The lowest BCUT2D eigenvalue weighted by molar-refractivity contribution is -0.675. The summed E-state index contributed by atoms with van der Waals surface area (Å²) in [5.41, 5.74) is 0.496. The van der Waals surface area contributed by atoms with Crippen molar-refractivity contribution in [3.63, 3.8) is 0 Å². The van der Waals surface area contributed by atoms with Crippen molar-refractivity contribution in [3.8, 4) is 5.75 Å². The van der Waals surface area contributed by atoms with E-state index in [1.807, 2.05) is 0 Å². The summed E-state index contributed by atoms with van der Waals surface area (Å²) in [5, 5.41) is 0.102. The molecule has 0 unspecified atom stereocenters. The lowest BCUT2D eigenvalue weighted by atomic mass is 9.98. The first-order valence-electron chi connectivity index (χ1n) is 8.50. The first kappa shape index (κ1) is 18.5. The van der Waals surface area contributed by atoms with Gasteiger partial charge in [0, 0.05) is 32.8 Å². The van der Waals surface area contributed by atoms with E-state index in [0.717, 1.165) is 32.8 Å². The van der Waals surface area contributed by atoms with Crippen LogP contribution in [0.5, 0.6) is 5.75 Å². The van der Waals surface area contributed by atoms with E-state index in [-0.39, 0.29) is 27.8 Å². The molecule has 11 heteroatoms. The summed E-state index contributed by atoms with van der Waals surface area (Å²) in [6, 6.07) is 2.65. The minimum atomic E-state index is -3.54. The van der Waals surface area contributed by atoms with E-state index < -0.39 is 30.7 Å². The van der Waals surface area contributed by atoms with Crippen LogP contribution in [0, 0.1) is 5.82 Å². The molecule has 1 saturated carbocycles. The maximum absolute atomic E-state index is 14.2. The summed E-state index contributed by atoms with van der Waals surface area (Å²) in [6.07, 6.45) is 3.28. The predicted octanol–water partition coefficient (Wildman–Crippen LogP) is 2.37. The molecule has 0 spiro atoms. The Labute approximate surface area is 163 Å². The average Bonchev–Trinajstić information content (AvgIpc) is 3.39. The molecule has 28 heavy (non-hydrogen) atoms. The minimum absolute atomic E-state index is 0.0158. The van der Waals surface area contributed by atoms with Crippen molar-refractivity contribution in [1.82, 2.24) is 0 Å². The van der Waals surface area contributed by atoms with Crippen molar-refractivity contribution in [2.24, 2.45) is 0 Å². The van der Waals surface area contributed by atoms with Crippen LogP contribution in [0.15, 0.2) is 18.3 Å². The van der Waals surface area contributed by atoms with E-state index in [1.165, 1.54) is 12.3 Å². The highest BCUT2D eigenvalue weighted by atomic mass is 35.5. The van der Waals surface area contributed by atoms with Crippen molar-refractivity contribution in [2.45, 2.75) is 32.7 Å². The quantitative estimate of drug-likeness (QED) is 0.567. The molecule has 1 aliphatic heterocycles. The Morgan fingerprint density at radius 2 is 1.86 bits per heavy atom. The number of fused-ring (bicyclic) bond motifs is 3. The monoisotopic (exact) mass is 409 g/mol. The molecular weight excluding hydrogens is 395 g/mol. The number of hydrogen-bond acceptors (Lipinski definition) is 7. The zero-order valence-electron chi connectivity index (χ0n) is 14.9. The Morgan fingerprint density at radius 3 is 2.43 bits per heavy atom. The second-order valence-electron chi connectivity index (χ2n) is 6.61. The average molecular weight is 410 g/mol. The molecule has 4 rings (SSSR count). The fourth-order valence-electron chi connectivity index (χ4n) is 3.16. The molecule has 2 aromatic rings. The summed E-state index contributed by atoms with van der Waals surface area (Å²) < 4.78 is 36.4. The second-order valence-corrected chi connectivity index (χ2v) is 7.02. The van der Waals surface area contributed by atoms with Gasteiger partial charge in [-0.1, -0.05) is 11.6 Å². The maximum Gasteiger partial charge on any atom is 0.782 e. The number of carbonyl (C=O) groups is 3. The number of carbonyl (C=O) groups excluding carboxylic acids is 3. The number of halogens is 2. The normalized spacial score (nSPS) is 17.4. The largest absolute Gasteiger partial charge is 0.782 e. The molecule has 2 aliphatic rings. The van der Waals surface area contributed by atoms with Crippen LogP contribution >= 0.6 is 11.6 Å². The smallest absolute Gasteiger partial charge is 0.610 e. The molecular formula is C17H14BClFNO7. The number of aromatic nitrogens is 1. The molecule has 1 aromatic carbocycles. The molecule has 2 heterocycles. The van der Waals surface area contributed by atoms with E-state index in [2.05, 4.69) is 0 Å². The van der Waals surface area contributed by atoms with Gasteiger partial charge in [0.05, 0.1) is 10.4 Å². The number of benzene rings is 1. The van der Waals surface area contributed by atoms with Gasteiger partial charge in [-0.2, -0.15) is 4.57 Å². The van der Waals surface area contributed by atoms with Gasteiger partial charge >= 0.3 is 12.9 Å². The standard InChI is InChI=1S/C17H14BClFNO7/c1-8(22)25-18(26-9(2)23)27-16-11-5-14(20)13(19)6-15(11)21(10-3-4-10)7-12(16)17(24)28-18/h5-7,10H,3-4H2,1-2H3. The number of hydrogen-bond donors (Lipinski definition) is 0. The van der Waals surface area contributed by atoms with Crippen LogP contribution in [0.3, 0.4) is 0 Å². The maximum atomic E-state index is 14.2. The van der Waals surface area contributed by atoms with E-state index in [9.17, 15) is 18.8 Å². The first-order chi connectivity index (χ1) is 13.2. The zero-order valence-corrected chi connectivity index (χ0v) is 15.6. The molecule has 8 nitrogen and oxygen atoms in total. The number of rotatable bonds is 3. The van der Waals surface area contributed by atoms with Gasteiger partial charge in [-0.05, 0) is 6.07 Å². The summed E-state index contributed by atoms with van der Waals surface area (Å²) in [6.45, 7) is -1.48. The van der Waals surface area contributed by atoms with Gasteiger partial charge in [0.25, 0.3) is 11.9 Å². The molecule has 0 saturated heterocycles. The van der Waals surface area contributed by atoms with Crippen molar-refractivity contribution in [2.75, 3.05) is 0 Å². The van der Waals surface area contributed by atoms with E-state index in [4.69, 9.17) is 30.2 Å². The molecule has 0 radical (unpaired) electrons. The van der Waals surface area contributed by atoms with Crippen LogP contribution in [0.1, 0.15) is 43.1 Å². The summed E-state index contributed by atoms with van der Waals surface area (Å²) in [5.74, 6) is -3.60. The van der Waals surface area contributed by atoms with E-state index in [0.29, 0.717) is 5.52 Å².